The van der Waals surface area contributed by atoms with Gasteiger partial charge in [-0.05, 0) is 6.42 Å². The Balaban J connectivity index is 1.49. The van der Waals surface area contributed by atoms with Crippen molar-refractivity contribution in [2.75, 3.05) is 19.8 Å². The number of rotatable bonds is 2. The van der Waals surface area contributed by atoms with Gasteiger partial charge < -0.3 is 19.5 Å². The smallest absolute Gasteiger partial charge is 0.251 e. The standard InChI is InChI=1S/C11H17NO4S/c1-6-9-11(17-6)16-8(5-15-9)10(13)12-7-2-3-14-4-7/h6-9,11H,2-5H2,1H3,(H,12,13). The van der Waals surface area contributed by atoms with Crippen LogP contribution in [0.15, 0.2) is 0 Å². The van der Waals surface area contributed by atoms with E-state index in [9.17, 15) is 4.79 Å². The lowest BCUT2D eigenvalue weighted by molar-refractivity contribution is -0.173. The van der Waals surface area contributed by atoms with Crippen LogP contribution in [0.4, 0.5) is 0 Å². The Hall–Kier alpha value is -0.300. The van der Waals surface area contributed by atoms with E-state index in [1.807, 2.05) is 0 Å². The molecule has 0 radical (unpaired) electrons. The molecule has 96 valence electrons. The van der Waals surface area contributed by atoms with E-state index in [1.165, 1.54) is 0 Å². The van der Waals surface area contributed by atoms with E-state index < -0.39 is 6.10 Å². The van der Waals surface area contributed by atoms with Crippen molar-refractivity contribution in [2.24, 2.45) is 0 Å². The molecule has 0 aromatic heterocycles. The maximum Gasteiger partial charge on any atom is 0.251 e. The highest BCUT2D eigenvalue weighted by atomic mass is 32.2. The summed E-state index contributed by atoms with van der Waals surface area (Å²) in [4.78, 5) is 11.9. The Morgan fingerprint density at radius 2 is 2.29 bits per heavy atom. The van der Waals surface area contributed by atoms with Crippen LogP contribution in [-0.2, 0) is 19.0 Å². The van der Waals surface area contributed by atoms with Gasteiger partial charge in [0, 0.05) is 11.9 Å². The molecule has 1 amide bonds. The largest absolute Gasteiger partial charge is 0.379 e. The Morgan fingerprint density at radius 3 is 2.94 bits per heavy atom. The van der Waals surface area contributed by atoms with E-state index >= 15 is 0 Å². The molecule has 5 unspecified atom stereocenters. The lowest BCUT2D eigenvalue weighted by Crippen LogP contribution is -2.58. The van der Waals surface area contributed by atoms with Crippen LogP contribution in [0.2, 0.25) is 0 Å². The predicted molar refractivity (Wildman–Crippen MR) is 62.8 cm³/mol. The fourth-order valence-electron chi connectivity index (χ4n) is 2.30. The van der Waals surface area contributed by atoms with Crippen molar-refractivity contribution < 1.29 is 19.0 Å². The summed E-state index contributed by atoms with van der Waals surface area (Å²) in [6.07, 6.45) is 0.590. The molecule has 0 aromatic carbocycles. The van der Waals surface area contributed by atoms with E-state index in [4.69, 9.17) is 14.2 Å². The van der Waals surface area contributed by atoms with Crippen LogP contribution < -0.4 is 5.32 Å². The summed E-state index contributed by atoms with van der Waals surface area (Å²) >= 11 is 1.72. The number of fused-ring (bicyclic) bond motifs is 1. The van der Waals surface area contributed by atoms with Crippen molar-refractivity contribution in [3.63, 3.8) is 0 Å². The molecule has 17 heavy (non-hydrogen) atoms. The van der Waals surface area contributed by atoms with Gasteiger partial charge in [0.15, 0.2) is 6.10 Å². The molecule has 0 aromatic rings. The minimum atomic E-state index is -0.461. The van der Waals surface area contributed by atoms with Gasteiger partial charge in [-0.25, -0.2) is 0 Å². The Morgan fingerprint density at radius 1 is 1.41 bits per heavy atom. The number of carbonyl (C=O) groups excluding carboxylic acids is 1. The summed E-state index contributed by atoms with van der Waals surface area (Å²) in [5, 5.41) is 3.42. The van der Waals surface area contributed by atoms with Crippen LogP contribution in [0.5, 0.6) is 0 Å². The zero-order valence-electron chi connectivity index (χ0n) is 9.76. The Kier molecular flexibility index (Phi) is 3.30. The summed E-state index contributed by atoms with van der Waals surface area (Å²) in [6, 6.07) is 0.136. The maximum absolute atomic E-state index is 11.9. The van der Waals surface area contributed by atoms with Gasteiger partial charge in [0.2, 0.25) is 0 Å². The fraction of sp³-hybridized carbons (Fsp3) is 0.909. The number of hydrogen-bond acceptors (Lipinski definition) is 5. The molecule has 5 nitrogen and oxygen atoms in total. The SMILES string of the molecule is CC1SC2OC(C(=O)NC3CCOC3)COC12. The Bertz CT molecular complexity index is 308. The molecular weight excluding hydrogens is 242 g/mol. The molecule has 3 aliphatic rings. The summed E-state index contributed by atoms with van der Waals surface area (Å²) in [5.74, 6) is -0.0703. The molecule has 1 N–H and O–H groups in total. The number of nitrogens with one attached hydrogen (secondary N) is 1. The van der Waals surface area contributed by atoms with Gasteiger partial charge in [-0.2, -0.15) is 0 Å². The molecule has 0 aliphatic carbocycles. The molecule has 6 heteroatoms. The highest BCUT2D eigenvalue weighted by Crippen LogP contribution is 2.42. The van der Waals surface area contributed by atoms with Crippen LogP contribution in [-0.4, -0.2) is 54.7 Å². The highest BCUT2D eigenvalue weighted by Gasteiger charge is 2.47. The minimum absolute atomic E-state index is 0.0364. The highest BCUT2D eigenvalue weighted by molar-refractivity contribution is 8.01. The van der Waals surface area contributed by atoms with Crippen molar-refractivity contribution in [1.82, 2.24) is 5.32 Å². The zero-order valence-corrected chi connectivity index (χ0v) is 10.6. The van der Waals surface area contributed by atoms with Gasteiger partial charge >= 0.3 is 0 Å². The number of amides is 1. The first-order valence-corrected chi connectivity index (χ1v) is 6.99. The first-order chi connectivity index (χ1) is 8.24. The van der Waals surface area contributed by atoms with Gasteiger partial charge in [-0.15, -0.1) is 11.8 Å². The number of ether oxygens (including phenoxy) is 3. The van der Waals surface area contributed by atoms with Crippen molar-refractivity contribution in [3.05, 3.63) is 0 Å². The summed E-state index contributed by atoms with van der Waals surface area (Å²) in [6.45, 7) is 3.82. The first-order valence-electron chi connectivity index (χ1n) is 6.04. The molecule has 3 fully saturated rings. The van der Waals surface area contributed by atoms with Crippen molar-refractivity contribution in [2.45, 2.75) is 42.3 Å². The van der Waals surface area contributed by atoms with Crippen molar-refractivity contribution in [3.8, 4) is 0 Å². The summed E-state index contributed by atoms with van der Waals surface area (Å²) < 4.78 is 16.6. The monoisotopic (exact) mass is 259 g/mol. The predicted octanol–water partition coefficient (Wildman–Crippen LogP) is 0.137. The third-order valence-electron chi connectivity index (χ3n) is 3.39. The fourth-order valence-corrected chi connectivity index (χ4v) is 3.50. The van der Waals surface area contributed by atoms with Crippen LogP contribution >= 0.6 is 11.8 Å². The average Bonchev–Trinajstić information content (AvgIpc) is 2.79. The van der Waals surface area contributed by atoms with Crippen molar-refractivity contribution in [1.29, 1.82) is 0 Å². The van der Waals surface area contributed by atoms with Crippen LogP contribution in [0.25, 0.3) is 0 Å². The average molecular weight is 259 g/mol. The molecule has 3 heterocycles. The molecule has 3 saturated heterocycles. The lowest BCUT2D eigenvalue weighted by Gasteiger charge is -2.46. The third-order valence-corrected chi connectivity index (χ3v) is 4.73. The van der Waals surface area contributed by atoms with Crippen LogP contribution in [0.1, 0.15) is 13.3 Å². The van der Waals surface area contributed by atoms with Crippen LogP contribution in [0.3, 0.4) is 0 Å². The summed E-state index contributed by atoms with van der Waals surface area (Å²) in [5.41, 5.74) is 0.0364. The van der Waals surface area contributed by atoms with E-state index in [-0.39, 0.29) is 23.5 Å². The summed E-state index contributed by atoms with van der Waals surface area (Å²) in [7, 11) is 0. The second-order valence-electron chi connectivity index (χ2n) is 4.70. The third kappa shape index (κ3) is 2.31. The van der Waals surface area contributed by atoms with Gasteiger partial charge in [0.1, 0.15) is 11.5 Å². The second kappa shape index (κ2) is 4.76. The molecule has 5 atom stereocenters. The Labute approximate surface area is 105 Å². The van der Waals surface area contributed by atoms with Gasteiger partial charge in [0.05, 0.1) is 19.3 Å². The maximum atomic E-state index is 11.9. The quantitative estimate of drug-likeness (QED) is 0.764. The van der Waals surface area contributed by atoms with Gasteiger partial charge in [0.25, 0.3) is 5.91 Å². The van der Waals surface area contributed by atoms with Crippen molar-refractivity contribution >= 4 is 17.7 Å². The normalized spacial score (nSPS) is 44.9. The lowest BCUT2D eigenvalue weighted by atomic mass is 10.2. The minimum Gasteiger partial charge on any atom is -0.379 e. The number of thioether (sulfide) groups is 1. The van der Waals surface area contributed by atoms with Crippen LogP contribution in [0, 0.1) is 0 Å². The first kappa shape index (κ1) is 11.8. The topological polar surface area (TPSA) is 56.8 Å². The van der Waals surface area contributed by atoms with E-state index in [2.05, 4.69) is 12.2 Å². The second-order valence-corrected chi connectivity index (χ2v) is 6.18. The number of carbonyl (C=O) groups is 1. The molecule has 0 bridgehead atoms. The zero-order chi connectivity index (χ0) is 11.8. The van der Waals surface area contributed by atoms with E-state index in [0.29, 0.717) is 18.5 Å². The molecule has 0 spiro atoms. The molecular formula is C11H17NO4S. The van der Waals surface area contributed by atoms with E-state index in [1.54, 1.807) is 11.8 Å². The number of hydrogen-bond donors (Lipinski definition) is 1. The molecule has 3 aliphatic heterocycles. The van der Waals surface area contributed by atoms with Gasteiger partial charge in [-0.3, -0.25) is 4.79 Å². The van der Waals surface area contributed by atoms with Gasteiger partial charge in [-0.1, -0.05) is 6.92 Å². The molecule has 3 rings (SSSR count). The molecule has 0 saturated carbocycles. The van der Waals surface area contributed by atoms with E-state index in [0.717, 1.165) is 13.0 Å².